The molecule has 1 aliphatic rings. The van der Waals surface area contributed by atoms with Crippen LogP contribution in [0.25, 0.3) is 10.9 Å². The van der Waals surface area contributed by atoms with Gasteiger partial charge in [0.05, 0.1) is 24.4 Å². The van der Waals surface area contributed by atoms with Gasteiger partial charge in [-0.1, -0.05) is 6.07 Å². The number of carboxylic acids is 1. The molecule has 0 bridgehead atoms. The van der Waals surface area contributed by atoms with Crippen LogP contribution in [0.4, 0.5) is 15.9 Å². The normalized spacial score (nSPS) is 14.8. The van der Waals surface area contributed by atoms with Crippen LogP contribution in [0.1, 0.15) is 29.9 Å². The number of anilines is 2. The lowest BCUT2D eigenvalue weighted by molar-refractivity contribution is -0.137. The third-order valence-electron chi connectivity index (χ3n) is 6.24. The Morgan fingerprint density at radius 3 is 2.44 bits per heavy atom. The molecule has 1 atom stereocenters. The summed E-state index contributed by atoms with van der Waals surface area (Å²) in [5.74, 6) is 0.351. The van der Waals surface area contributed by atoms with E-state index in [4.69, 9.17) is 18.9 Å². The molecule has 0 spiro atoms. The van der Waals surface area contributed by atoms with Gasteiger partial charge in [0.2, 0.25) is 0 Å². The number of hydrogen-bond acceptors (Lipinski definition) is 8. The Balaban J connectivity index is 1.79. The van der Waals surface area contributed by atoms with Crippen LogP contribution in [0.15, 0.2) is 30.6 Å². The van der Waals surface area contributed by atoms with Crippen molar-refractivity contribution in [3.8, 4) is 11.5 Å². The van der Waals surface area contributed by atoms with Crippen molar-refractivity contribution >= 4 is 28.4 Å². The zero-order chi connectivity index (χ0) is 25.7. The third-order valence-corrected chi connectivity index (χ3v) is 6.24. The molecule has 1 aliphatic heterocycles. The van der Waals surface area contributed by atoms with Crippen molar-refractivity contribution in [1.29, 1.82) is 0 Å². The lowest BCUT2D eigenvalue weighted by Gasteiger charge is -2.23. The molecular formula is C26H30FN3O6. The second kappa shape index (κ2) is 11.5. The third kappa shape index (κ3) is 5.34. The molecule has 1 N–H and O–H groups in total. The molecule has 3 aromatic rings. The number of carboxylic acid groups (broad SMARTS) is 1. The summed E-state index contributed by atoms with van der Waals surface area (Å²) in [6.07, 6.45) is 1.93. The molecule has 192 valence electrons. The number of benzene rings is 2. The van der Waals surface area contributed by atoms with Crippen LogP contribution in [-0.2, 0) is 14.3 Å². The fourth-order valence-electron chi connectivity index (χ4n) is 4.49. The van der Waals surface area contributed by atoms with Crippen molar-refractivity contribution in [1.82, 2.24) is 9.97 Å². The van der Waals surface area contributed by atoms with E-state index in [2.05, 4.69) is 9.97 Å². The van der Waals surface area contributed by atoms with Gasteiger partial charge in [0.15, 0.2) is 11.5 Å². The van der Waals surface area contributed by atoms with Crippen molar-refractivity contribution in [3.05, 3.63) is 47.5 Å². The van der Waals surface area contributed by atoms with E-state index in [9.17, 15) is 14.3 Å². The summed E-state index contributed by atoms with van der Waals surface area (Å²) in [7, 11) is 3.19. The molecule has 0 radical (unpaired) electrons. The molecule has 36 heavy (non-hydrogen) atoms. The van der Waals surface area contributed by atoms with Gasteiger partial charge >= 0.3 is 5.97 Å². The van der Waals surface area contributed by atoms with Gasteiger partial charge in [-0.25, -0.2) is 14.4 Å². The van der Waals surface area contributed by atoms with Crippen molar-refractivity contribution in [2.24, 2.45) is 0 Å². The van der Waals surface area contributed by atoms with Gasteiger partial charge < -0.3 is 29.0 Å². The highest BCUT2D eigenvalue weighted by atomic mass is 19.1. The summed E-state index contributed by atoms with van der Waals surface area (Å²) in [5.41, 5.74) is 2.76. The number of nitrogens with zero attached hydrogens (tertiary/aromatic N) is 3. The Morgan fingerprint density at radius 2 is 1.78 bits per heavy atom. The van der Waals surface area contributed by atoms with E-state index >= 15 is 0 Å². The first-order valence-electron chi connectivity index (χ1n) is 11.7. The van der Waals surface area contributed by atoms with Gasteiger partial charge in [-0.05, 0) is 31.0 Å². The zero-order valence-corrected chi connectivity index (χ0v) is 20.6. The second-order valence-corrected chi connectivity index (χ2v) is 8.55. The fraction of sp³-hybridized carbons (Fsp3) is 0.423. The standard InChI is InChI=1S/C26H30FN3O6/c1-16-20(27)6-5-18-17(4-7-24(31)32)14-30(25(16)18)26-19-12-22(35-10-8-33-2)23(36-11-9-34-3)13-21(19)28-15-29-26/h5-6,12-13,15,17H,4,7-11,14H2,1-3H3,(H,31,32). The smallest absolute Gasteiger partial charge is 0.303 e. The second-order valence-electron chi connectivity index (χ2n) is 8.55. The fourth-order valence-corrected chi connectivity index (χ4v) is 4.49. The maximum absolute atomic E-state index is 14.6. The van der Waals surface area contributed by atoms with E-state index in [1.807, 2.05) is 11.0 Å². The molecule has 10 heteroatoms. The minimum Gasteiger partial charge on any atom is -0.487 e. The number of fused-ring (bicyclic) bond motifs is 2. The van der Waals surface area contributed by atoms with E-state index in [1.165, 1.54) is 12.4 Å². The number of carbonyl (C=O) groups is 1. The predicted molar refractivity (Wildman–Crippen MR) is 132 cm³/mol. The number of rotatable bonds is 12. The summed E-state index contributed by atoms with van der Waals surface area (Å²) in [6, 6.07) is 6.79. The van der Waals surface area contributed by atoms with E-state index in [0.717, 1.165) is 5.56 Å². The van der Waals surface area contributed by atoms with Crippen LogP contribution >= 0.6 is 0 Å². The molecule has 1 unspecified atom stereocenters. The van der Waals surface area contributed by atoms with Gasteiger partial charge in [0.25, 0.3) is 0 Å². The van der Waals surface area contributed by atoms with Crippen LogP contribution in [0, 0.1) is 12.7 Å². The summed E-state index contributed by atoms with van der Waals surface area (Å²) in [5, 5.41) is 9.94. The predicted octanol–water partition coefficient (Wildman–Crippen LogP) is 4.23. The monoisotopic (exact) mass is 499 g/mol. The number of halogens is 1. The molecule has 4 rings (SSSR count). The molecule has 0 saturated heterocycles. The maximum atomic E-state index is 14.6. The lowest BCUT2D eigenvalue weighted by atomic mass is 9.95. The number of aliphatic carboxylic acids is 1. The quantitative estimate of drug-likeness (QED) is 0.367. The van der Waals surface area contributed by atoms with Crippen LogP contribution in [-0.4, -0.2) is 68.2 Å². The number of methoxy groups -OCH3 is 2. The van der Waals surface area contributed by atoms with Crippen LogP contribution < -0.4 is 14.4 Å². The highest BCUT2D eigenvalue weighted by Crippen LogP contribution is 2.47. The van der Waals surface area contributed by atoms with Crippen molar-refractivity contribution in [2.45, 2.75) is 25.7 Å². The average molecular weight is 500 g/mol. The van der Waals surface area contributed by atoms with Gasteiger partial charge in [0, 0.05) is 50.1 Å². The van der Waals surface area contributed by atoms with E-state index < -0.39 is 5.97 Å². The van der Waals surface area contributed by atoms with Crippen LogP contribution in [0.5, 0.6) is 11.5 Å². The van der Waals surface area contributed by atoms with Crippen molar-refractivity contribution < 1.29 is 33.2 Å². The maximum Gasteiger partial charge on any atom is 0.303 e. The zero-order valence-electron chi connectivity index (χ0n) is 20.6. The largest absolute Gasteiger partial charge is 0.487 e. The number of ether oxygens (including phenoxy) is 4. The molecule has 0 aliphatic carbocycles. The molecular weight excluding hydrogens is 469 g/mol. The summed E-state index contributed by atoms with van der Waals surface area (Å²) in [4.78, 5) is 22.2. The number of hydrogen-bond donors (Lipinski definition) is 1. The Kier molecular flexibility index (Phi) is 8.17. The average Bonchev–Trinajstić information content (AvgIpc) is 3.24. The Hall–Kier alpha value is -3.50. The number of aromatic nitrogens is 2. The first-order chi connectivity index (χ1) is 17.4. The summed E-state index contributed by atoms with van der Waals surface area (Å²) < 4.78 is 36.7. The highest BCUT2D eigenvalue weighted by Gasteiger charge is 2.34. The van der Waals surface area contributed by atoms with Gasteiger partial charge in [-0.3, -0.25) is 4.79 Å². The molecule has 2 heterocycles. The van der Waals surface area contributed by atoms with Crippen LogP contribution in [0.3, 0.4) is 0 Å². The SMILES string of the molecule is COCCOc1cc2ncnc(N3CC(CCC(=O)O)c4ccc(F)c(C)c43)c2cc1OCCOC. The van der Waals surface area contributed by atoms with Gasteiger partial charge in [0.1, 0.15) is 31.2 Å². The van der Waals surface area contributed by atoms with Crippen LogP contribution in [0.2, 0.25) is 0 Å². The Morgan fingerprint density at radius 1 is 1.08 bits per heavy atom. The highest BCUT2D eigenvalue weighted by molar-refractivity contribution is 5.95. The minimum absolute atomic E-state index is 0.0263. The minimum atomic E-state index is -0.861. The van der Waals surface area contributed by atoms with E-state index in [1.54, 1.807) is 33.3 Å². The molecule has 2 aromatic carbocycles. The molecule has 0 fully saturated rings. The first-order valence-corrected chi connectivity index (χ1v) is 11.7. The Labute approximate surface area is 208 Å². The summed E-state index contributed by atoms with van der Waals surface area (Å²) in [6.45, 7) is 3.67. The van der Waals surface area contributed by atoms with E-state index in [0.29, 0.717) is 78.9 Å². The van der Waals surface area contributed by atoms with E-state index in [-0.39, 0.29) is 18.2 Å². The lowest BCUT2D eigenvalue weighted by Crippen LogP contribution is -2.19. The molecule has 1 aromatic heterocycles. The van der Waals surface area contributed by atoms with Gasteiger partial charge in [-0.2, -0.15) is 0 Å². The van der Waals surface area contributed by atoms with Gasteiger partial charge in [-0.15, -0.1) is 0 Å². The topological polar surface area (TPSA) is 103 Å². The molecule has 0 saturated carbocycles. The Bertz CT molecular complexity index is 1240. The van der Waals surface area contributed by atoms with Crippen molar-refractivity contribution in [2.75, 3.05) is 52.1 Å². The summed E-state index contributed by atoms with van der Waals surface area (Å²) >= 11 is 0. The van der Waals surface area contributed by atoms with Crippen molar-refractivity contribution in [3.63, 3.8) is 0 Å². The molecule has 0 amide bonds. The first kappa shape index (κ1) is 25.6. The molecule has 9 nitrogen and oxygen atoms in total.